The van der Waals surface area contributed by atoms with Crippen molar-refractivity contribution in [3.8, 4) is 16.9 Å². The summed E-state index contributed by atoms with van der Waals surface area (Å²) >= 11 is 0. The third-order valence-corrected chi connectivity index (χ3v) is 3.39. The lowest BCUT2D eigenvalue weighted by atomic mass is 10.0. The Balaban J connectivity index is 1.85. The maximum Gasteiger partial charge on any atom is 0.150 e. The molecule has 0 aliphatic heterocycles. The zero-order valence-corrected chi connectivity index (χ0v) is 11.8. The van der Waals surface area contributed by atoms with Gasteiger partial charge in [-0.05, 0) is 47.5 Å². The predicted octanol–water partition coefficient (Wildman–Crippen LogP) is 4.52. The van der Waals surface area contributed by atoms with Gasteiger partial charge in [0.25, 0.3) is 0 Å². The van der Waals surface area contributed by atoms with Crippen molar-refractivity contribution in [1.82, 2.24) is 0 Å². The summed E-state index contributed by atoms with van der Waals surface area (Å²) in [5.74, 6) is -0.872. The molecule has 22 heavy (non-hydrogen) atoms. The number of nitrogens with two attached hydrogens (primary N) is 1. The van der Waals surface area contributed by atoms with Gasteiger partial charge in [0.15, 0.2) is 5.82 Å². The fourth-order valence-corrected chi connectivity index (χ4v) is 2.20. The Morgan fingerprint density at radius 3 is 2.09 bits per heavy atom. The number of aromatic hydroxyl groups is 1. The largest absolute Gasteiger partial charge is 0.506 e. The molecular formula is C18H15FN2O. The number of hydrogen-bond donors (Lipinski definition) is 3. The molecule has 0 bridgehead atoms. The number of hydrogen-bond acceptors (Lipinski definition) is 3. The number of rotatable bonds is 3. The van der Waals surface area contributed by atoms with Gasteiger partial charge in [0, 0.05) is 11.4 Å². The minimum absolute atomic E-state index is 0.230. The first-order valence-corrected chi connectivity index (χ1v) is 6.84. The number of nitrogens with one attached hydrogen (secondary N) is 1. The van der Waals surface area contributed by atoms with Crippen LogP contribution in [-0.4, -0.2) is 5.11 Å². The lowest BCUT2D eigenvalue weighted by Gasteiger charge is -2.09. The minimum atomic E-state index is -0.624. The number of para-hydroxylation sites is 1. The molecule has 0 saturated carbocycles. The van der Waals surface area contributed by atoms with Crippen molar-refractivity contribution in [1.29, 1.82) is 0 Å². The second-order valence-electron chi connectivity index (χ2n) is 4.96. The van der Waals surface area contributed by atoms with E-state index < -0.39 is 5.82 Å². The fourth-order valence-electron chi connectivity index (χ4n) is 2.20. The van der Waals surface area contributed by atoms with Gasteiger partial charge in [-0.2, -0.15) is 0 Å². The standard InChI is InChI=1S/C18H15FN2O/c19-16-10-13(11-17(22)18(16)20)12-6-8-15(9-7-12)21-14-4-2-1-3-5-14/h1-11,21-22H,20H2. The number of phenols is 1. The molecule has 4 N–H and O–H groups in total. The number of phenolic OH excluding ortho intramolecular Hbond substituents is 1. The van der Waals surface area contributed by atoms with Crippen molar-refractivity contribution in [2.75, 3.05) is 11.1 Å². The number of nitrogen functional groups attached to an aromatic ring is 1. The van der Waals surface area contributed by atoms with E-state index in [0.717, 1.165) is 16.9 Å². The fraction of sp³-hybridized carbons (Fsp3) is 0. The Bertz CT molecular complexity index is 763. The van der Waals surface area contributed by atoms with Gasteiger partial charge in [0.1, 0.15) is 11.4 Å². The van der Waals surface area contributed by atoms with Crippen LogP contribution in [0.5, 0.6) is 5.75 Å². The van der Waals surface area contributed by atoms with Crippen LogP contribution in [0.1, 0.15) is 0 Å². The molecule has 0 atom stereocenters. The van der Waals surface area contributed by atoms with E-state index in [1.165, 1.54) is 12.1 Å². The van der Waals surface area contributed by atoms with Gasteiger partial charge in [-0.25, -0.2) is 4.39 Å². The Kier molecular flexibility index (Phi) is 3.66. The van der Waals surface area contributed by atoms with Crippen LogP contribution >= 0.6 is 0 Å². The van der Waals surface area contributed by atoms with E-state index in [1.54, 1.807) is 0 Å². The van der Waals surface area contributed by atoms with E-state index in [4.69, 9.17) is 5.73 Å². The second kappa shape index (κ2) is 5.77. The summed E-state index contributed by atoms with van der Waals surface area (Å²) in [5.41, 5.74) is 8.47. The predicted molar refractivity (Wildman–Crippen MR) is 87.6 cm³/mol. The Morgan fingerprint density at radius 1 is 0.818 bits per heavy atom. The van der Waals surface area contributed by atoms with E-state index in [2.05, 4.69) is 5.32 Å². The molecule has 0 radical (unpaired) electrons. The quantitative estimate of drug-likeness (QED) is 0.491. The van der Waals surface area contributed by atoms with Crippen LogP contribution in [0, 0.1) is 5.82 Å². The van der Waals surface area contributed by atoms with Crippen molar-refractivity contribution in [2.24, 2.45) is 0 Å². The van der Waals surface area contributed by atoms with Crippen molar-refractivity contribution in [2.45, 2.75) is 0 Å². The minimum Gasteiger partial charge on any atom is -0.506 e. The van der Waals surface area contributed by atoms with Gasteiger partial charge < -0.3 is 16.2 Å². The van der Waals surface area contributed by atoms with Crippen LogP contribution in [0.3, 0.4) is 0 Å². The molecular weight excluding hydrogens is 279 g/mol. The van der Waals surface area contributed by atoms with Gasteiger partial charge in [-0.1, -0.05) is 30.3 Å². The molecule has 3 nitrogen and oxygen atoms in total. The third-order valence-electron chi connectivity index (χ3n) is 3.39. The Morgan fingerprint density at radius 2 is 1.45 bits per heavy atom. The van der Waals surface area contributed by atoms with E-state index in [0.29, 0.717) is 5.56 Å². The van der Waals surface area contributed by atoms with Crippen LogP contribution in [0.2, 0.25) is 0 Å². The molecule has 110 valence electrons. The van der Waals surface area contributed by atoms with Gasteiger partial charge in [0.05, 0.1) is 0 Å². The Hall–Kier alpha value is -3.01. The summed E-state index contributed by atoms with van der Waals surface area (Å²) in [5, 5.41) is 12.9. The maximum atomic E-state index is 13.6. The second-order valence-corrected chi connectivity index (χ2v) is 4.96. The number of halogens is 1. The van der Waals surface area contributed by atoms with Crippen LogP contribution in [0.25, 0.3) is 11.1 Å². The zero-order valence-electron chi connectivity index (χ0n) is 11.8. The summed E-state index contributed by atoms with van der Waals surface area (Å²) in [4.78, 5) is 0. The van der Waals surface area contributed by atoms with E-state index in [1.807, 2.05) is 54.6 Å². The molecule has 3 rings (SSSR count). The van der Waals surface area contributed by atoms with Gasteiger partial charge in [0.2, 0.25) is 0 Å². The normalized spacial score (nSPS) is 10.4. The van der Waals surface area contributed by atoms with Crippen molar-refractivity contribution in [3.63, 3.8) is 0 Å². The number of benzene rings is 3. The van der Waals surface area contributed by atoms with E-state index >= 15 is 0 Å². The monoisotopic (exact) mass is 294 g/mol. The molecule has 3 aromatic carbocycles. The molecule has 0 fully saturated rings. The number of anilines is 3. The maximum absolute atomic E-state index is 13.6. The summed E-state index contributed by atoms with van der Waals surface area (Å²) in [7, 11) is 0. The molecule has 0 saturated heterocycles. The van der Waals surface area contributed by atoms with E-state index in [-0.39, 0.29) is 11.4 Å². The highest BCUT2D eigenvalue weighted by Crippen LogP contribution is 2.31. The summed E-state index contributed by atoms with van der Waals surface area (Å²) in [6.07, 6.45) is 0. The first kappa shape index (κ1) is 13.9. The third kappa shape index (κ3) is 2.86. The SMILES string of the molecule is Nc1c(O)cc(-c2ccc(Nc3ccccc3)cc2)cc1F. The summed E-state index contributed by atoms with van der Waals surface area (Å²) < 4.78 is 13.6. The molecule has 0 aliphatic rings. The van der Waals surface area contributed by atoms with Crippen LogP contribution in [-0.2, 0) is 0 Å². The molecule has 0 aliphatic carbocycles. The molecule has 0 unspecified atom stereocenters. The van der Waals surface area contributed by atoms with Gasteiger partial charge >= 0.3 is 0 Å². The van der Waals surface area contributed by atoms with Crippen molar-refractivity contribution in [3.05, 3.63) is 72.5 Å². The topological polar surface area (TPSA) is 58.3 Å². The van der Waals surface area contributed by atoms with Gasteiger partial charge in [-0.15, -0.1) is 0 Å². The molecule has 0 aromatic heterocycles. The highest BCUT2D eigenvalue weighted by molar-refractivity contribution is 5.72. The van der Waals surface area contributed by atoms with Gasteiger partial charge in [-0.3, -0.25) is 0 Å². The molecule has 0 heterocycles. The summed E-state index contributed by atoms with van der Waals surface area (Å²) in [6, 6.07) is 20.1. The highest BCUT2D eigenvalue weighted by Gasteiger charge is 2.08. The molecule has 0 spiro atoms. The highest BCUT2D eigenvalue weighted by atomic mass is 19.1. The average Bonchev–Trinajstić information content (AvgIpc) is 2.54. The van der Waals surface area contributed by atoms with Crippen LogP contribution < -0.4 is 11.1 Å². The first-order chi connectivity index (χ1) is 10.6. The molecule has 0 amide bonds. The summed E-state index contributed by atoms with van der Waals surface area (Å²) in [6.45, 7) is 0. The van der Waals surface area contributed by atoms with Crippen molar-refractivity contribution < 1.29 is 9.50 Å². The molecule has 3 aromatic rings. The van der Waals surface area contributed by atoms with E-state index in [9.17, 15) is 9.50 Å². The average molecular weight is 294 g/mol. The smallest absolute Gasteiger partial charge is 0.150 e. The van der Waals surface area contributed by atoms with Crippen LogP contribution in [0.4, 0.5) is 21.5 Å². The molecule has 4 heteroatoms. The lowest BCUT2D eigenvalue weighted by molar-refractivity contribution is 0.473. The lowest BCUT2D eigenvalue weighted by Crippen LogP contribution is -1.92. The first-order valence-electron chi connectivity index (χ1n) is 6.84. The van der Waals surface area contributed by atoms with Crippen molar-refractivity contribution >= 4 is 17.1 Å². The zero-order chi connectivity index (χ0) is 15.5. The Labute approximate surface area is 127 Å². The van der Waals surface area contributed by atoms with Crippen LogP contribution in [0.15, 0.2) is 66.7 Å².